The van der Waals surface area contributed by atoms with E-state index in [4.69, 9.17) is 0 Å². The molecule has 1 aliphatic rings. The van der Waals surface area contributed by atoms with E-state index in [1.165, 1.54) is 0 Å². The maximum absolute atomic E-state index is 14.4. The van der Waals surface area contributed by atoms with Crippen LogP contribution in [0.4, 0.5) is 10.5 Å². The number of fused-ring (bicyclic) bond motifs is 3. The van der Waals surface area contributed by atoms with Crippen LogP contribution in [-0.4, -0.2) is 58.9 Å². The summed E-state index contributed by atoms with van der Waals surface area (Å²) in [6.07, 6.45) is 0.225. The summed E-state index contributed by atoms with van der Waals surface area (Å²) in [5.41, 5.74) is 5.31. The summed E-state index contributed by atoms with van der Waals surface area (Å²) in [5, 5.41) is 33.8. The topological polar surface area (TPSA) is 143 Å². The van der Waals surface area contributed by atoms with E-state index < -0.39 is 30.2 Å². The first kappa shape index (κ1) is 37.2. The molecule has 10 nitrogen and oxygen atoms in total. The van der Waals surface area contributed by atoms with Gasteiger partial charge in [-0.05, 0) is 76.9 Å². The molecule has 3 atom stereocenters. The summed E-state index contributed by atoms with van der Waals surface area (Å²) in [5.74, 6) is -0.754. The molecule has 53 heavy (non-hydrogen) atoms. The minimum absolute atomic E-state index is 0.105. The lowest BCUT2D eigenvalue weighted by Crippen LogP contribution is -2.62. The Labute approximate surface area is 310 Å². The van der Waals surface area contributed by atoms with Gasteiger partial charge in [-0.2, -0.15) is 0 Å². The van der Waals surface area contributed by atoms with Crippen LogP contribution in [0.15, 0.2) is 115 Å². The third kappa shape index (κ3) is 8.92. The molecule has 6 N–H and O–H groups in total. The SMILES string of the molecule is C[C@H](O)CN[C@@](C)(CO)C(=O)N[C@@H]1CCc2c(ccc3ccccc23)N(Cc2ccc(-c3ccccc3CNC(=O)NCc3ccccc3)cc2)C1=O. The molecule has 0 saturated carbocycles. The second kappa shape index (κ2) is 16.9. The van der Waals surface area contributed by atoms with Crippen LogP contribution >= 0.6 is 0 Å². The Morgan fingerprint density at radius 3 is 2.30 bits per heavy atom. The Bertz CT molecular complexity index is 2050. The first-order chi connectivity index (χ1) is 25.6. The largest absolute Gasteiger partial charge is 0.394 e. The average Bonchev–Trinajstić information content (AvgIpc) is 3.31. The Balaban J connectivity index is 1.21. The predicted molar refractivity (Wildman–Crippen MR) is 208 cm³/mol. The number of carbonyl (C=O) groups excluding carboxylic acids is 3. The number of hydrogen-bond donors (Lipinski definition) is 6. The third-order valence-electron chi connectivity index (χ3n) is 9.82. The molecule has 5 aromatic carbocycles. The van der Waals surface area contributed by atoms with Crippen LogP contribution in [0.5, 0.6) is 0 Å². The van der Waals surface area contributed by atoms with Gasteiger partial charge in [-0.25, -0.2) is 4.79 Å². The fourth-order valence-corrected chi connectivity index (χ4v) is 6.70. The predicted octanol–water partition coefficient (Wildman–Crippen LogP) is 5.19. The van der Waals surface area contributed by atoms with Crippen molar-refractivity contribution in [2.24, 2.45) is 0 Å². The zero-order valence-electron chi connectivity index (χ0n) is 30.1. The van der Waals surface area contributed by atoms with Crippen molar-refractivity contribution in [3.05, 3.63) is 138 Å². The van der Waals surface area contributed by atoms with Gasteiger partial charge < -0.3 is 31.1 Å². The second-order valence-corrected chi connectivity index (χ2v) is 13.9. The van der Waals surface area contributed by atoms with Crippen LogP contribution < -0.4 is 26.2 Å². The number of aryl methyl sites for hydroxylation is 1. The standard InChI is InChI=1S/C43H47N5O5/c1-29(50)24-46-43(2,28-49)41(52)47-38-22-21-37-36-15-9-6-12-32(36)20-23-39(37)48(40(38)51)27-31-16-18-33(19-17-31)35-14-8-7-13-34(35)26-45-42(53)44-25-30-10-4-3-5-11-30/h3-20,23,29,38,46,49-50H,21-22,24-28H2,1-2H3,(H,47,52)(H2,44,45,53)/t29-,38+,43-/m0/s1. The maximum atomic E-state index is 14.4. The third-order valence-corrected chi connectivity index (χ3v) is 9.82. The number of nitrogens with zero attached hydrogens (tertiary/aromatic N) is 1. The van der Waals surface area contributed by atoms with E-state index in [2.05, 4.69) is 33.4 Å². The first-order valence-electron chi connectivity index (χ1n) is 18.0. The lowest BCUT2D eigenvalue weighted by molar-refractivity contribution is -0.133. The number of carbonyl (C=O) groups is 3. The number of β-amino-alcohol motifs (C(OH)–C–C–N with tert-alkyl or cyclic N) is 1. The Morgan fingerprint density at radius 1 is 0.849 bits per heavy atom. The summed E-state index contributed by atoms with van der Waals surface area (Å²) in [6, 6.07) is 36.7. The number of anilines is 1. The number of nitrogens with one attached hydrogen (secondary N) is 4. The molecule has 0 aliphatic carbocycles. The van der Waals surface area contributed by atoms with Gasteiger partial charge in [-0.1, -0.05) is 109 Å². The maximum Gasteiger partial charge on any atom is 0.315 e. The summed E-state index contributed by atoms with van der Waals surface area (Å²) < 4.78 is 0. The van der Waals surface area contributed by atoms with Gasteiger partial charge in [0.2, 0.25) is 11.8 Å². The van der Waals surface area contributed by atoms with Gasteiger partial charge in [0.25, 0.3) is 0 Å². The minimum atomic E-state index is -1.39. The van der Waals surface area contributed by atoms with Gasteiger partial charge in [0.05, 0.1) is 19.3 Å². The molecule has 0 fully saturated rings. The minimum Gasteiger partial charge on any atom is -0.394 e. The van der Waals surface area contributed by atoms with Crippen molar-refractivity contribution < 1.29 is 24.6 Å². The number of amides is 4. The van der Waals surface area contributed by atoms with Crippen molar-refractivity contribution in [2.75, 3.05) is 18.1 Å². The van der Waals surface area contributed by atoms with Crippen LogP contribution in [0.1, 0.15) is 42.5 Å². The van der Waals surface area contributed by atoms with Gasteiger partial charge >= 0.3 is 6.03 Å². The summed E-state index contributed by atoms with van der Waals surface area (Å²) in [6.45, 7) is 3.81. The summed E-state index contributed by atoms with van der Waals surface area (Å²) >= 11 is 0. The average molecular weight is 714 g/mol. The fourth-order valence-electron chi connectivity index (χ4n) is 6.70. The van der Waals surface area contributed by atoms with Crippen molar-refractivity contribution >= 4 is 34.3 Å². The molecule has 4 amide bonds. The molecular formula is C43H47N5O5. The summed E-state index contributed by atoms with van der Waals surface area (Å²) in [4.78, 5) is 42.3. The number of benzene rings is 5. The number of aliphatic hydroxyl groups excluding tert-OH is 2. The lowest BCUT2D eigenvalue weighted by atomic mass is 9.97. The zero-order valence-corrected chi connectivity index (χ0v) is 30.1. The highest BCUT2D eigenvalue weighted by atomic mass is 16.3. The molecule has 5 aromatic rings. The van der Waals surface area contributed by atoms with Crippen LogP contribution in [0.3, 0.4) is 0 Å². The molecule has 1 aliphatic heterocycles. The number of hydrogen-bond acceptors (Lipinski definition) is 6. The number of rotatable bonds is 13. The van der Waals surface area contributed by atoms with E-state index in [0.717, 1.165) is 49.8 Å². The van der Waals surface area contributed by atoms with Gasteiger partial charge in [-0.3, -0.25) is 14.9 Å². The van der Waals surface area contributed by atoms with E-state index >= 15 is 0 Å². The van der Waals surface area contributed by atoms with Crippen LogP contribution in [0.25, 0.3) is 21.9 Å². The van der Waals surface area contributed by atoms with E-state index in [-0.39, 0.29) is 25.0 Å². The van der Waals surface area contributed by atoms with Gasteiger partial charge in [0.15, 0.2) is 0 Å². The van der Waals surface area contributed by atoms with Gasteiger partial charge in [-0.15, -0.1) is 0 Å². The molecular weight excluding hydrogens is 667 g/mol. The molecule has 6 rings (SSSR count). The Morgan fingerprint density at radius 2 is 1.55 bits per heavy atom. The van der Waals surface area contributed by atoms with Crippen molar-refractivity contribution in [2.45, 2.75) is 64.0 Å². The molecule has 0 bridgehead atoms. The van der Waals surface area contributed by atoms with Crippen molar-refractivity contribution in [1.82, 2.24) is 21.3 Å². The monoisotopic (exact) mass is 713 g/mol. The van der Waals surface area contributed by atoms with Gasteiger partial charge in [0.1, 0.15) is 11.6 Å². The highest BCUT2D eigenvalue weighted by Gasteiger charge is 2.38. The van der Waals surface area contributed by atoms with Crippen molar-refractivity contribution in [1.29, 1.82) is 0 Å². The van der Waals surface area contributed by atoms with Crippen molar-refractivity contribution in [3.8, 4) is 11.1 Å². The van der Waals surface area contributed by atoms with Crippen LogP contribution in [0.2, 0.25) is 0 Å². The quantitative estimate of drug-likeness (QED) is 0.0992. The van der Waals surface area contributed by atoms with E-state index in [1.807, 2.05) is 103 Å². The molecule has 0 spiro atoms. The first-order valence-corrected chi connectivity index (χ1v) is 18.0. The molecule has 0 unspecified atom stereocenters. The van der Waals surface area contributed by atoms with Crippen LogP contribution in [-0.2, 0) is 35.6 Å². The molecule has 10 heteroatoms. The number of aliphatic hydroxyl groups is 2. The highest BCUT2D eigenvalue weighted by molar-refractivity contribution is 6.04. The molecule has 1 heterocycles. The lowest BCUT2D eigenvalue weighted by Gasteiger charge is -2.31. The second-order valence-electron chi connectivity index (χ2n) is 13.9. The van der Waals surface area contributed by atoms with E-state index in [1.54, 1.807) is 18.7 Å². The number of urea groups is 1. The smallest absolute Gasteiger partial charge is 0.315 e. The van der Waals surface area contributed by atoms with E-state index in [0.29, 0.717) is 25.9 Å². The van der Waals surface area contributed by atoms with Crippen molar-refractivity contribution in [3.63, 3.8) is 0 Å². The Hall–Kier alpha value is -5.55. The fraction of sp³-hybridized carbons (Fsp3) is 0.279. The molecule has 0 aromatic heterocycles. The van der Waals surface area contributed by atoms with E-state index in [9.17, 15) is 24.6 Å². The molecule has 0 saturated heterocycles. The molecule has 0 radical (unpaired) electrons. The molecule has 274 valence electrons. The highest BCUT2D eigenvalue weighted by Crippen LogP contribution is 2.35. The Kier molecular flexibility index (Phi) is 11.8. The zero-order chi connectivity index (χ0) is 37.4. The summed E-state index contributed by atoms with van der Waals surface area (Å²) in [7, 11) is 0. The van der Waals surface area contributed by atoms with Crippen LogP contribution in [0, 0.1) is 0 Å². The normalized spacial score (nSPS) is 15.9. The van der Waals surface area contributed by atoms with Gasteiger partial charge in [0, 0.05) is 25.3 Å².